The van der Waals surface area contributed by atoms with Crippen LogP contribution >= 0.6 is 0 Å². The Hall–Kier alpha value is -3.77. The normalized spacial score (nSPS) is 19.1. The highest BCUT2D eigenvalue weighted by molar-refractivity contribution is 5.95. The Kier molecular flexibility index (Phi) is 5.23. The summed E-state index contributed by atoms with van der Waals surface area (Å²) < 4.78 is 0. The molecule has 1 unspecified atom stereocenters. The second kappa shape index (κ2) is 8.54. The lowest BCUT2D eigenvalue weighted by Gasteiger charge is -2.46. The van der Waals surface area contributed by atoms with E-state index >= 15 is 0 Å². The van der Waals surface area contributed by atoms with Crippen LogP contribution in [0.1, 0.15) is 11.1 Å². The van der Waals surface area contributed by atoms with Crippen molar-refractivity contribution in [3.05, 3.63) is 90.1 Å². The molecule has 3 heterocycles. The van der Waals surface area contributed by atoms with Crippen LogP contribution in [0.2, 0.25) is 0 Å². The van der Waals surface area contributed by atoms with Crippen molar-refractivity contribution in [2.24, 2.45) is 0 Å². The Morgan fingerprint density at radius 2 is 1.71 bits per heavy atom. The Labute approximate surface area is 198 Å². The summed E-state index contributed by atoms with van der Waals surface area (Å²) in [4.78, 5) is 36.7. The Morgan fingerprint density at radius 3 is 2.65 bits per heavy atom. The molecule has 0 spiro atoms. The van der Waals surface area contributed by atoms with Gasteiger partial charge in [0.15, 0.2) is 0 Å². The van der Waals surface area contributed by atoms with E-state index in [-0.39, 0.29) is 18.4 Å². The predicted molar refractivity (Wildman–Crippen MR) is 132 cm³/mol. The first-order chi connectivity index (χ1) is 16.7. The van der Waals surface area contributed by atoms with Gasteiger partial charge in [0.25, 0.3) is 0 Å². The molecule has 2 aliphatic rings. The van der Waals surface area contributed by atoms with E-state index in [9.17, 15) is 9.59 Å². The first-order valence-electron chi connectivity index (χ1n) is 11.8. The molecule has 2 aliphatic heterocycles. The quantitative estimate of drug-likeness (QED) is 0.478. The molecule has 170 valence electrons. The molecule has 0 N–H and O–H groups in total. The molecule has 0 bridgehead atoms. The van der Waals surface area contributed by atoms with Gasteiger partial charge in [0.1, 0.15) is 12.6 Å². The zero-order chi connectivity index (χ0) is 23.1. The van der Waals surface area contributed by atoms with Gasteiger partial charge < -0.3 is 9.80 Å². The molecule has 0 aliphatic carbocycles. The third-order valence-corrected chi connectivity index (χ3v) is 7.02. The third kappa shape index (κ3) is 3.80. The summed E-state index contributed by atoms with van der Waals surface area (Å²) in [6, 6.07) is 24.2. The smallest absolute Gasteiger partial charge is 0.247 e. The number of rotatable bonds is 4. The number of pyridine rings is 1. The largest absolute Gasteiger partial charge is 0.327 e. The van der Waals surface area contributed by atoms with Gasteiger partial charge in [-0.3, -0.25) is 19.5 Å². The van der Waals surface area contributed by atoms with Crippen molar-refractivity contribution in [2.75, 3.05) is 26.2 Å². The summed E-state index contributed by atoms with van der Waals surface area (Å²) in [5.41, 5.74) is 3.24. The zero-order valence-corrected chi connectivity index (χ0v) is 18.9. The number of hydrogen-bond donors (Lipinski definition) is 0. The minimum absolute atomic E-state index is 0.0416. The lowest BCUT2D eigenvalue weighted by Crippen LogP contribution is -2.66. The molecule has 2 amide bonds. The van der Waals surface area contributed by atoms with Crippen LogP contribution < -0.4 is 0 Å². The highest BCUT2D eigenvalue weighted by Crippen LogP contribution is 2.25. The van der Waals surface area contributed by atoms with Crippen molar-refractivity contribution < 1.29 is 9.59 Å². The van der Waals surface area contributed by atoms with Gasteiger partial charge in [0, 0.05) is 44.3 Å². The molecule has 2 fully saturated rings. The van der Waals surface area contributed by atoms with E-state index in [4.69, 9.17) is 0 Å². The van der Waals surface area contributed by atoms with Crippen LogP contribution in [0.15, 0.2) is 79.0 Å². The third-order valence-electron chi connectivity index (χ3n) is 7.02. The topological polar surface area (TPSA) is 56.8 Å². The fourth-order valence-corrected chi connectivity index (χ4v) is 5.29. The summed E-state index contributed by atoms with van der Waals surface area (Å²) in [6.45, 7) is 3.27. The zero-order valence-electron chi connectivity index (χ0n) is 18.9. The second-order valence-corrected chi connectivity index (χ2v) is 9.20. The maximum atomic E-state index is 13.5. The average molecular weight is 451 g/mol. The first kappa shape index (κ1) is 20.8. The number of carbonyl (C=O) groups excluding carboxylic acids is 2. The van der Waals surface area contributed by atoms with Crippen LogP contribution in [-0.2, 0) is 22.7 Å². The molecule has 2 saturated heterocycles. The van der Waals surface area contributed by atoms with Crippen molar-refractivity contribution in [3.8, 4) is 0 Å². The molecule has 0 radical (unpaired) electrons. The summed E-state index contributed by atoms with van der Waals surface area (Å²) in [5.74, 6) is 0.0845. The molecular weight excluding hydrogens is 424 g/mol. The lowest BCUT2D eigenvalue weighted by molar-refractivity contribution is -0.160. The Morgan fingerprint density at radius 1 is 0.853 bits per heavy atom. The van der Waals surface area contributed by atoms with Gasteiger partial charge in [-0.15, -0.1) is 0 Å². The van der Waals surface area contributed by atoms with E-state index < -0.39 is 6.04 Å². The fraction of sp³-hybridized carbons (Fsp3) is 0.250. The summed E-state index contributed by atoms with van der Waals surface area (Å²) >= 11 is 0. The van der Waals surface area contributed by atoms with Crippen molar-refractivity contribution in [1.29, 1.82) is 0 Å². The molecular formula is C28H26N4O2. The van der Waals surface area contributed by atoms with Crippen molar-refractivity contribution in [1.82, 2.24) is 19.7 Å². The van der Waals surface area contributed by atoms with Crippen LogP contribution in [0.4, 0.5) is 0 Å². The molecule has 34 heavy (non-hydrogen) atoms. The van der Waals surface area contributed by atoms with E-state index in [1.807, 2.05) is 36.4 Å². The fourth-order valence-electron chi connectivity index (χ4n) is 5.29. The molecule has 1 aromatic heterocycles. The maximum absolute atomic E-state index is 13.5. The minimum Gasteiger partial charge on any atom is -0.327 e. The number of amides is 2. The number of hydrogen-bond acceptors (Lipinski definition) is 4. The van der Waals surface area contributed by atoms with E-state index in [1.54, 1.807) is 16.0 Å². The van der Waals surface area contributed by atoms with E-state index in [1.165, 1.54) is 5.56 Å². The van der Waals surface area contributed by atoms with Crippen LogP contribution in [0, 0.1) is 0 Å². The number of aromatic nitrogens is 1. The molecule has 1 atom stereocenters. The van der Waals surface area contributed by atoms with Gasteiger partial charge in [-0.1, -0.05) is 54.6 Å². The number of carbonyl (C=O) groups is 2. The highest BCUT2D eigenvalue weighted by Gasteiger charge is 2.42. The average Bonchev–Trinajstić information content (AvgIpc) is 2.87. The Bertz CT molecular complexity index is 1400. The van der Waals surface area contributed by atoms with Gasteiger partial charge in [-0.25, -0.2) is 0 Å². The van der Waals surface area contributed by atoms with Gasteiger partial charge in [0.05, 0.1) is 5.52 Å². The summed E-state index contributed by atoms with van der Waals surface area (Å²) in [6.07, 6.45) is 1.80. The van der Waals surface area contributed by atoms with Crippen LogP contribution in [0.3, 0.4) is 0 Å². The summed E-state index contributed by atoms with van der Waals surface area (Å²) in [5, 5.41) is 3.39. The van der Waals surface area contributed by atoms with E-state index in [0.29, 0.717) is 19.6 Å². The van der Waals surface area contributed by atoms with E-state index in [2.05, 4.69) is 46.3 Å². The van der Waals surface area contributed by atoms with Gasteiger partial charge >= 0.3 is 0 Å². The van der Waals surface area contributed by atoms with Crippen molar-refractivity contribution >= 4 is 33.5 Å². The standard InChI is InChI=1S/C28H26N4O2/c33-27-19-31(17-23-7-3-6-21-5-1-2-9-24(21)23)28(34)26-18-30(13-14-32(26)27)16-20-10-11-25-22(15-20)8-4-12-29-25/h1-12,15,26H,13-14,16-19H2. The molecule has 6 rings (SSSR count). The van der Waals surface area contributed by atoms with Crippen LogP contribution in [0.25, 0.3) is 21.7 Å². The van der Waals surface area contributed by atoms with Crippen molar-refractivity contribution in [2.45, 2.75) is 19.1 Å². The molecule has 3 aromatic carbocycles. The van der Waals surface area contributed by atoms with Gasteiger partial charge in [-0.2, -0.15) is 0 Å². The van der Waals surface area contributed by atoms with Crippen molar-refractivity contribution in [3.63, 3.8) is 0 Å². The summed E-state index contributed by atoms with van der Waals surface area (Å²) in [7, 11) is 0. The lowest BCUT2D eigenvalue weighted by atomic mass is 10.0. The van der Waals surface area contributed by atoms with E-state index in [0.717, 1.165) is 40.3 Å². The van der Waals surface area contributed by atoms with Crippen LogP contribution in [-0.4, -0.2) is 63.7 Å². The number of benzene rings is 3. The number of nitrogens with zero attached hydrogens (tertiary/aromatic N) is 4. The molecule has 6 heteroatoms. The molecule has 6 nitrogen and oxygen atoms in total. The highest BCUT2D eigenvalue weighted by atomic mass is 16.2. The second-order valence-electron chi connectivity index (χ2n) is 9.20. The monoisotopic (exact) mass is 450 g/mol. The maximum Gasteiger partial charge on any atom is 0.247 e. The number of fused-ring (bicyclic) bond motifs is 3. The SMILES string of the molecule is O=C1C2CN(Cc3ccc4ncccc4c3)CCN2C(=O)CN1Cc1cccc2ccccc12. The molecule has 4 aromatic rings. The predicted octanol–water partition coefficient (Wildman–Crippen LogP) is 3.44. The molecule has 0 saturated carbocycles. The number of piperazine rings is 2. The van der Waals surface area contributed by atoms with Gasteiger partial charge in [0.2, 0.25) is 11.8 Å². The first-order valence-corrected chi connectivity index (χ1v) is 11.8. The minimum atomic E-state index is -0.424. The van der Waals surface area contributed by atoms with Gasteiger partial charge in [-0.05, 0) is 40.1 Å². The Balaban J connectivity index is 1.20. The van der Waals surface area contributed by atoms with Crippen LogP contribution in [0.5, 0.6) is 0 Å².